The van der Waals surface area contributed by atoms with Gasteiger partial charge in [0.1, 0.15) is 11.3 Å². The molecule has 0 spiro atoms. The number of imidazole rings is 1. The first kappa shape index (κ1) is 28.1. The third-order valence-corrected chi connectivity index (χ3v) is 10.4. The van der Waals surface area contributed by atoms with Crippen molar-refractivity contribution < 1.29 is 9.53 Å². The summed E-state index contributed by atoms with van der Waals surface area (Å²) in [5.41, 5.74) is 13.6. The van der Waals surface area contributed by atoms with Crippen LogP contribution >= 0.6 is 0 Å². The number of hydrogen-bond acceptors (Lipinski definition) is 4. The highest BCUT2D eigenvalue weighted by Crippen LogP contribution is 2.40. The van der Waals surface area contributed by atoms with E-state index in [-0.39, 0.29) is 18.0 Å². The molecule has 5 aromatic rings. The highest BCUT2D eigenvalue weighted by atomic mass is 16.5. The van der Waals surface area contributed by atoms with Crippen molar-refractivity contribution in [2.75, 3.05) is 13.7 Å². The van der Waals surface area contributed by atoms with Gasteiger partial charge in [0.25, 0.3) is 5.91 Å². The van der Waals surface area contributed by atoms with Gasteiger partial charge in [0.05, 0.1) is 18.3 Å². The molecule has 230 valence electrons. The van der Waals surface area contributed by atoms with Crippen LogP contribution in [0, 0.1) is 11.8 Å². The Labute approximate surface area is 264 Å². The Balaban J connectivity index is 1.14. The third-order valence-electron chi connectivity index (χ3n) is 10.4. The molecule has 3 fully saturated rings. The summed E-state index contributed by atoms with van der Waals surface area (Å²) in [6.07, 6.45) is 11.2. The van der Waals surface area contributed by atoms with Crippen LogP contribution in [0.15, 0.2) is 72.8 Å². The second kappa shape index (κ2) is 11.2. The van der Waals surface area contributed by atoms with Crippen LogP contribution in [0.5, 0.6) is 5.75 Å². The lowest BCUT2D eigenvalue weighted by atomic mass is 10.1. The van der Waals surface area contributed by atoms with E-state index in [4.69, 9.17) is 15.5 Å². The van der Waals surface area contributed by atoms with E-state index in [2.05, 4.69) is 75.9 Å². The number of carbonyl (C=O) groups excluding carboxylic acids is 1. The highest BCUT2D eigenvalue weighted by Gasteiger charge is 2.47. The topological polar surface area (TPSA) is 78.3 Å². The molecule has 2 aromatic heterocycles. The SMILES string of the molecule is COc1cc(C(=O)N2C[C@H]3CC[C@@H]2[C@H]3N)cc2nc(-c3cc4cc(/C=C/CCc5ccccc5)ccc4n3CC3CC3)n(C)c12. The Morgan fingerprint density at radius 2 is 1.89 bits per heavy atom. The van der Waals surface area contributed by atoms with Crippen molar-refractivity contribution >= 4 is 33.9 Å². The van der Waals surface area contributed by atoms with Gasteiger partial charge in [-0.05, 0) is 91.8 Å². The minimum atomic E-state index is 0.0252. The van der Waals surface area contributed by atoms with Gasteiger partial charge in [-0.1, -0.05) is 48.6 Å². The number of carbonyl (C=O) groups is 1. The van der Waals surface area contributed by atoms with Crippen LogP contribution in [0.2, 0.25) is 0 Å². The number of piperidine rings is 1. The molecule has 3 atom stereocenters. The Kier molecular flexibility index (Phi) is 7.01. The molecule has 45 heavy (non-hydrogen) atoms. The molecule has 2 aliphatic carbocycles. The highest BCUT2D eigenvalue weighted by molar-refractivity contribution is 6.00. The zero-order valence-electron chi connectivity index (χ0n) is 26.2. The molecule has 7 heteroatoms. The number of benzene rings is 3. The van der Waals surface area contributed by atoms with Gasteiger partial charge in [-0.3, -0.25) is 4.79 Å². The molecule has 2 saturated carbocycles. The molecule has 3 aliphatic rings. The van der Waals surface area contributed by atoms with E-state index in [9.17, 15) is 4.79 Å². The van der Waals surface area contributed by atoms with Crippen molar-refractivity contribution in [3.63, 3.8) is 0 Å². The monoisotopic (exact) mass is 599 g/mol. The Morgan fingerprint density at radius 3 is 2.62 bits per heavy atom. The number of aryl methyl sites for hydroxylation is 2. The summed E-state index contributed by atoms with van der Waals surface area (Å²) >= 11 is 0. The second-order valence-electron chi connectivity index (χ2n) is 13.3. The lowest BCUT2D eigenvalue weighted by molar-refractivity contribution is 0.0700. The van der Waals surface area contributed by atoms with Crippen LogP contribution < -0.4 is 10.5 Å². The van der Waals surface area contributed by atoms with E-state index in [1.807, 2.05) is 24.1 Å². The summed E-state index contributed by atoms with van der Waals surface area (Å²) in [6.45, 7) is 1.72. The molecule has 7 nitrogen and oxygen atoms in total. The average Bonchev–Trinajstić information content (AvgIpc) is 3.47. The summed E-state index contributed by atoms with van der Waals surface area (Å²) in [5, 5.41) is 1.21. The van der Waals surface area contributed by atoms with E-state index in [1.165, 1.54) is 34.9 Å². The zero-order chi connectivity index (χ0) is 30.7. The number of amides is 1. The van der Waals surface area contributed by atoms with Crippen molar-refractivity contribution in [2.45, 2.75) is 57.2 Å². The van der Waals surface area contributed by atoms with Crippen molar-refractivity contribution in [1.29, 1.82) is 0 Å². The molecular formula is C38H41N5O2. The van der Waals surface area contributed by atoms with E-state index in [0.717, 1.165) is 61.3 Å². The minimum absolute atomic E-state index is 0.0252. The van der Waals surface area contributed by atoms with Crippen LogP contribution in [0.25, 0.3) is 39.5 Å². The van der Waals surface area contributed by atoms with Crippen LogP contribution in [0.4, 0.5) is 0 Å². The van der Waals surface area contributed by atoms with E-state index in [1.54, 1.807) is 7.11 Å². The summed E-state index contributed by atoms with van der Waals surface area (Å²) in [4.78, 5) is 20.9. The van der Waals surface area contributed by atoms with Gasteiger partial charge in [0.15, 0.2) is 5.82 Å². The molecule has 8 rings (SSSR count). The molecule has 2 N–H and O–H groups in total. The molecule has 1 aliphatic heterocycles. The van der Waals surface area contributed by atoms with Gasteiger partial charge < -0.3 is 24.5 Å². The number of ether oxygens (including phenoxy) is 1. The number of nitrogens with two attached hydrogens (primary N) is 1. The van der Waals surface area contributed by atoms with Gasteiger partial charge in [0.2, 0.25) is 0 Å². The lowest BCUT2D eigenvalue weighted by Gasteiger charge is -2.27. The summed E-state index contributed by atoms with van der Waals surface area (Å²) in [5.74, 6) is 2.68. The number of fused-ring (bicyclic) bond motifs is 4. The average molecular weight is 600 g/mol. The van der Waals surface area contributed by atoms with Crippen molar-refractivity contribution in [2.24, 2.45) is 24.6 Å². The first-order valence-corrected chi connectivity index (χ1v) is 16.4. The molecule has 0 unspecified atom stereocenters. The van der Waals surface area contributed by atoms with Crippen LogP contribution in [-0.4, -0.2) is 50.7 Å². The van der Waals surface area contributed by atoms with Gasteiger partial charge in [0, 0.05) is 48.7 Å². The zero-order valence-corrected chi connectivity index (χ0v) is 26.2. The quantitative estimate of drug-likeness (QED) is 0.202. The Hall–Kier alpha value is -4.36. The summed E-state index contributed by atoms with van der Waals surface area (Å²) < 4.78 is 10.4. The fourth-order valence-electron chi connectivity index (χ4n) is 7.71. The molecule has 1 saturated heterocycles. The van der Waals surface area contributed by atoms with Crippen LogP contribution in [0.1, 0.15) is 53.6 Å². The Morgan fingerprint density at radius 1 is 1.04 bits per heavy atom. The normalized spacial score (nSPS) is 21.1. The Bertz CT molecular complexity index is 1930. The molecule has 2 bridgehead atoms. The number of allylic oxidation sites excluding steroid dienone is 1. The molecule has 3 aromatic carbocycles. The number of likely N-dealkylation sites (tertiary alicyclic amines) is 1. The fraction of sp³-hybridized carbons (Fsp3) is 0.368. The van der Waals surface area contributed by atoms with Gasteiger partial charge in [-0.2, -0.15) is 0 Å². The van der Waals surface area contributed by atoms with Crippen molar-refractivity contribution in [1.82, 2.24) is 19.0 Å². The number of aromatic nitrogens is 3. The van der Waals surface area contributed by atoms with Crippen molar-refractivity contribution in [3.8, 4) is 17.3 Å². The van der Waals surface area contributed by atoms with Gasteiger partial charge in [-0.15, -0.1) is 0 Å². The predicted octanol–water partition coefficient (Wildman–Crippen LogP) is 6.82. The fourth-order valence-corrected chi connectivity index (χ4v) is 7.71. The first-order chi connectivity index (χ1) is 22.0. The van der Waals surface area contributed by atoms with Gasteiger partial charge >= 0.3 is 0 Å². The third kappa shape index (κ3) is 5.03. The van der Waals surface area contributed by atoms with Crippen molar-refractivity contribution in [3.05, 3.63) is 89.5 Å². The van der Waals surface area contributed by atoms with Crippen LogP contribution in [-0.2, 0) is 20.0 Å². The number of rotatable bonds is 9. The van der Waals surface area contributed by atoms with E-state index < -0.39 is 0 Å². The molecule has 0 radical (unpaired) electrons. The molecular weight excluding hydrogens is 558 g/mol. The first-order valence-electron chi connectivity index (χ1n) is 16.4. The molecule has 1 amide bonds. The number of methoxy groups -OCH3 is 1. The maximum atomic E-state index is 13.7. The number of hydrogen-bond donors (Lipinski definition) is 1. The van der Waals surface area contributed by atoms with E-state index in [0.29, 0.717) is 23.1 Å². The van der Waals surface area contributed by atoms with E-state index >= 15 is 0 Å². The second-order valence-corrected chi connectivity index (χ2v) is 13.3. The maximum absolute atomic E-state index is 13.7. The summed E-state index contributed by atoms with van der Waals surface area (Å²) in [6, 6.07) is 23.7. The lowest BCUT2D eigenvalue weighted by Crippen LogP contribution is -2.41. The van der Waals surface area contributed by atoms with Gasteiger partial charge in [-0.25, -0.2) is 4.98 Å². The minimum Gasteiger partial charge on any atom is -0.494 e. The smallest absolute Gasteiger partial charge is 0.254 e. The maximum Gasteiger partial charge on any atom is 0.254 e. The summed E-state index contributed by atoms with van der Waals surface area (Å²) in [7, 11) is 3.72. The largest absolute Gasteiger partial charge is 0.494 e. The number of nitrogens with zero attached hydrogens (tertiary/aromatic N) is 4. The van der Waals surface area contributed by atoms with Crippen LogP contribution in [0.3, 0.4) is 0 Å². The predicted molar refractivity (Wildman–Crippen MR) is 180 cm³/mol. The standard InChI is InChI=1S/C38H41N5O2/c1-41-36-30(19-29(21-34(36)45-2)38(44)43-23-27-15-17-32(43)35(27)39)40-37(41)33-20-28-18-25(11-7-6-10-24-8-4-3-5-9-24)14-16-31(28)42(33)22-26-12-13-26/h3-5,7-9,11,14,16,18-21,26-27,32,35H,6,10,12-13,15,17,22-23,39H2,1-2H3/b11-7+/t27-,32-,35+/m1/s1. The molecule has 3 heterocycles.